The normalized spacial score (nSPS) is 12.1. The standard InChI is InChI=1S/C52H5B26N5O/c53-17-8(4-9-12-19(55)25(61)30(66)37(73)45(12)82(44(9)36(17)72)50-41(77)34(70)29(65)35(71)42(50)78)11-18(54)20(56)13-16-23(59)28(64)33(69)40(76)49(16)83(46(13)24(11)60)52-51-43(79-5-80-52)7-3-6(1-2-10(7)84-51)81-47-14(21(57)26(62)31(67)38(47)74)15-22(58)27(63)32(68)39(75)48(15)81/h1-5H. The molecular formula is C52H5B26N5O. The van der Waals surface area contributed by atoms with Gasteiger partial charge in [0, 0.05) is 55.2 Å². The predicted molar refractivity (Wildman–Crippen MR) is 378 cm³/mol. The van der Waals surface area contributed by atoms with Crippen LogP contribution in [0.3, 0.4) is 0 Å². The number of nitrogens with zero attached hydrogens (tertiary/aromatic N) is 5. The minimum atomic E-state index is -0.105. The van der Waals surface area contributed by atoms with Gasteiger partial charge in [-0.1, -0.05) is 81.9 Å². The van der Waals surface area contributed by atoms with Crippen molar-refractivity contribution in [2.45, 2.75) is 0 Å². The molecule has 0 aliphatic carbocycles. The van der Waals surface area contributed by atoms with Gasteiger partial charge in [0.25, 0.3) is 0 Å². The van der Waals surface area contributed by atoms with Crippen molar-refractivity contribution in [2.75, 3.05) is 0 Å². The Labute approximate surface area is 517 Å². The lowest BCUT2D eigenvalue weighted by molar-refractivity contribution is 0.662. The van der Waals surface area contributed by atoms with E-state index in [2.05, 4.69) is 0 Å². The molecule has 0 bridgehead atoms. The molecule has 0 spiro atoms. The first-order valence-electron chi connectivity index (χ1n) is 25.0. The summed E-state index contributed by atoms with van der Waals surface area (Å²) >= 11 is 0. The van der Waals surface area contributed by atoms with Crippen LogP contribution in [0.5, 0.6) is 0 Å². The molecule has 322 valence electrons. The lowest BCUT2D eigenvalue weighted by Crippen LogP contribution is -2.56. The smallest absolute Gasteiger partial charge is 0.197 e. The van der Waals surface area contributed by atoms with Crippen LogP contribution in [-0.2, 0) is 0 Å². The predicted octanol–water partition coefficient (Wildman–Crippen LogP) is -18.0. The van der Waals surface area contributed by atoms with Crippen molar-refractivity contribution in [1.82, 2.24) is 23.7 Å². The second kappa shape index (κ2) is 19.1. The molecule has 5 heterocycles. The summed E-state index contributed by atoms with van der Waals surface area (Å²) < 4.78 is 11.5. The number of furan rings is 1. The first kappa shape index (κ1) is 56.8. The molecule has 52 radical (unpaired) electrons. The van der Waals surface area contributed by atoms with Gasteiger partial charge in [-0.15, -0.1) is 60.1 Å². The van der Waals surface area contributed by atoms with E-state index in [-0.39, 0.29) is 219 Å². The third-order valence-electron chi connectivity index (χ3n) is 16.5. The molecule has 32 heteroatoms. The quantitative estimate of drug-likeness (QED) is 0.165. The Morgan fingerprint density at radius 2 is 0.679 bits per heavy atom. The molecule has 0 fully saturated rings. The number of aromatic nitrogens is 5. The molecule has 13 rings (SSSR count). The van der Waals surface area contributed by atoms with Crippen LogP contribution in [0.4, 0.5) is 0 Å². The zero-order valence-electron chi connectivity index (χ0n) is 44.0. The largest absolute Gasteiger partial charge is 0.450 e. The molecular weight excluding hydrogens is 992 g/mol. The van der Waals surface area contributed by atoms with E-state index in [9.17, 15) is 0 Å². The van der Waals surface area contributed by atoms with Crippen LogP contribution in [0.15, 0.2) is 35.0 Å². The van der Waals surface area contributed by atoms with Gasteiger partial charge in [0.2, 0.25) is 0 Å². The second-order valence-electron chi connectivity index (χ2n) is 20.6. The van der Waals surface area contributed by atoms with E-state index < -0.39 is 0 Å². The van der Waals surface area contributed by atoms with Gasteiger partial charge in [0.1, 0.15) is 221 Å². The van der Waals surface area contributed by atoms with Gasteiger partial charge in [-0.3, -0.25) is 4.57 Å². The van der Waals surface area contributed by atoms with E-state index in [4.69, 9.17) is 218 Å². The minimum absolute atomic E-state index is 0.0141. The average molecular weight is 997 g/mol. The fourth-order valence-corrected chi connectivity index (χ4v) is 12.1. The third kappa shape index (κ3) is 7.06. The van der Waals surface area contributed by atoms with Gasteiger partial charge >= 0.3 is 0 Å². The first-order chi connectivity index (χ1) is 39.6. The van der Waals surface area contributed by atoms with Crippen molar-refractivity contribution in [3.05, 3.63) is 30.6 Å². The number of benzene rings is 8. The SMILES string of the molecule is [B]c1c([B])c([B])c(-n2c3c([B])c([B])c(-c4c([B])c([B])c5c6c([B])c([B])c([B])c([B])c6n(-c6ncnc7c6oc6ccc(-n8c9c([B])c([B])c([B])c([B])c9c9c([B])c([B])c([B])c([B])c98)cc67)c5c4[B])cc3c3c([B])c([B])c([B])c([B])c32)c([B])c1[B]. The maximum absolute atomic E-state index is 7.52. The minimum Gasteiger partial charge on any atom is -0.450 e. The highest BCUT2D eigenvalue weighted by Crippen LogP contribution is 2.38. The molecule has 0 unspecified atom stereocenters. The summed E-state index contributed by atoms with van der Waals surface area (Å²) in [7, 11) is 175. The highest BCUT2D eigenvalue weighted by molar-refractivity contribution is 6.75. The van der Waals surface area contributed by atoms with E-state index in [0.29, 0.717) is 38.5 Å². The molecule has 0 aliphatic rings. The average Bonchev–Trinajstić information content (AvgIpc) is 1.57. The first-order valence-corrected chi connectivity index (χ1v) is 25.0. The molecule has 84 heavy (non-hydrogen) atoms. The van der Waals surface area contributed by atoms with Crippen molar-refractivity contribution < 1.29 is 4.42 Å². The maximum atomic E-state index is 7.52. The topological polar surface area (TPSA) is 53.7 Å². The van der Waals surface area contributed by atoms with Gasteiger partial charge in [-0.25, -0.2) is 9.97 Å². The molecule has 5 aromatic heterocycles. The highest BCUT2D eigenvalue weighted by atomic mass is 16.3. The number of hydrogen-bond acceptors (Lipinski definition) is 3. The Balaban J connectivity index is 1.14. The Kier molecular flexibility index (Phi) is 12.9. The lowest BCUT2D eigenvalue weighted by atomic mass is 9.61. The summed E-state index contributed by atoms with van der Waals surface area (Å²) in [4.78, 5) is 9.53. The molecule has 13 aromatic rings. The van der Waals surface area contributed by atoms with E-state index in [1.165, 1.54) is 10.9 Å². The molecule has 0 saturated carbocycles. The van der Waals surface area contributed by atoms with Gasteiger partial charge in [0.05, 0.1) is 0 Å². The summed E-state index contributed by atoms with van der Waals surface area (Å²) in [6.07, 6.45) is 1.29. The van der Waals surface area contributed by atoms with E-state index >= 15 is 0 Å². The van der Waals surface area contributed by atoms with Crippen molar-refractivity contribution in [1.29, 1.82) is 0 Å². The summed E-state index contributed by atoms with van der Waals surface area (Å²) in [5, 5.41) is 1.96. The summed E-state index contributed by atoms with van der Waals surface area (Å²) in [6, 6.07) is 6.76. The van der Waals surface area contributed by atoms with Gasteiger partial charge in [-0.05, 0) is 62.3 Å². The van der Waals surface area contributed by atoms with Crippen molar-refractivity contribution in [3.8, 4) is 28.3 Å². The van der Waals surface area contributed by atoms with Crippen LogP contribution in [0.2, 0.25) is 0 Å². The summed E-state index contributed by atoms with van der Waals surface area (Å²) in [5.41, 5.74) is 1.50. The lowest BCUT2D eigenvalue weighted by Gasteiger charge is -2.26. The second-order valence-corrected chi connectivity index (χ2v) is 20.6. The van der Waals surface area contributed by atoms with Crippen LogP contribution in [-0.4, -0.2) is 228 Å². The highest BCUT2D eigenvalue weighted by Gasteiger charge is 2.31. The molecule has 0 amide bonds. The number of rotatable bonds is 4. The Hall–Kier alpha value is -6.27. The van der Waals surface area contributed by atoms with Gasteiger partial charge in [-0.2, -0.15) is 0 Å². The zero-order chi connectivity index (χ0) is 60.5. The fraction of sp³-hybridized carbons (Fsp3) is 0. The molecule has 8 aromatic carbocycles. The third-order valence-corrected chi connectivity index (χ3v) is 16.5. The summed E-state index contributed by atoms with van der Waals surface area (Å²) in [6.45, 7) is 0. The molecule has 0 aliphatic heterocycles. The number of fused-ring (bicyclic) bond motifs is 12. The molecule has 6 nitrogen and oxygen atoms in total. The Morgan fingerprint density at radius 3 is 1.17 bits per heavy atom. The van der Waals surface area contributed by atoms with E-state index in [1.807, 2.05) is 0 Å². The zero-order valence-corrected chi connectivity index (χ0v) is 44.0. The van der Waals surface area contributed by atoms with Crippen LogP contribution in [0, 0.1) is 0 Å². The molecule has 0 N–H and O–H groups in total. The van der Waals surface area contributed by atoms with Crippen molar-refractivity contribution in [2.24, 2.45) is 0 Å². The van der Waals surface area contributed by atoms with Crippen LogP contribution in [0.25, 0.3) is 116 Å². The van der Waals surface area contributed by atoms with E-state index in [0.717, 1.165) is 0 Å². The van der Waals surface area contributed by atoms with Gasteiger partial charge < -0.3 is 13.6 Å². The van der Waals surface area contributed by atoms with Crippen LogP contribution in [0.1, 0.15) is 0 Å². The van der Waals surface area contributed by atoms with Gasteiger partial charge in [0.15, 0.2) is 11.4 Å². The Morgan fingerprint density at radius 1 is 0.298 bits per heavy atom. The maximum Gasteiger partial charge on any atom is 0.197 e. The summed E-state index contributed by atoms with van der Waals surface area (Å²) in [5.74, 6) is 0.0479. The Bertz CT molecular complexity index is 5250. The van der Waals surface area contributed by atoms with Crippen LogP contribution < -0.4 is 142 Å². The van der Waals surface area contributed by atoms with E-state index in [1.54, 1.807) is 33.4 Å². The molecule has 0 atom stereocenters. The molecule has 0 saturated heterocycles. The van der Waals surface area contributed by atoms with Crippen LogP contribution >= 0.6 is 0 Å². The van der Waals surface area contributed by atoms with Crippen molar-refractivity contribution in [3.63, 3.8) is 0 Å². The monoisotopic (exact) mass is 1000 g/mol. The number of hydrogen-bond donors (Lipinski definition) is 0. The van der Waals surface area contributed by atoms with Crippen molar-refractivity contribution >= 4 is 434 Å². The fourth-order valence-electron chi connectivity index (χ4n) is 12.1.